The molecule has 3 rings (SSSR count). The number of anilines is 1. The van der Waals surface area contributed by atoms with E-state index in [1.165, 1.54) is 0 Å². The second kappa shape index (κ2) is 8.22. The number of nitrogen functional groups attached to an aromatic ring is 1. The van der Waals surface area contributed by atoms with Gasteiger partial charge >= 0.3 is 11.9 Å². The van der Waals surface area contributed by atoms with E-state index >= 15 is 0 Å². The van der Waals surface area contributed by atoms with Crippen LogP contribution in [0.15, 0.2) is 41.2 Å². The van der Waals surface area contributed by atoms with Crippen LogP contribution in [0.25, 0.3) is 11.1 Å². The SMILES string of the molecule is Nc1[nH]c(=O)c(C(=O)O)c(-c2ccc(OCc3cc(F)ccc3F)c(F)c2)c1C(=O)O. The topological polar surface area (TPSA) is 143 Å². The summed E-state index contributed by atoms with van der Waals surface area (Å²) in [5, 5.41) is 18.8. The number of carbonyl (C=O) groups is 2. The molecule has 1 heterocycles. The van der Waals surface area contributed by atoms with Gasteiger partial charge in [-0.2, -0.15) is 0 Å². The second-order valence-electron chi connectivity index (χ2n) is 6.27. The van der Waals surface area contributed by atoms with Crippen LogP contribution in [0.4, 0.5) is 19.0 Å². The first kappa shape index (κ1) is 21.4. The van der Waals surface area contributed by atoms with Crippen LogP contribution in [0.2, 0.25) is 0 Å². The van der Waals surface area contributed by atoms with Crippen LogP contribution >= 0.6 is 0 Å². The van der Waals surface area contributed by atoms with Crippen molar-refractivity contribution >= 4 is 17.8 Å². The average molecular weight is 434 g/mol. The van der Waals surface area contributed by atoms with E-state index in [-0.39, 0.29) is 11.1 Å². The number of pyridine rings is 1. The fraction of sp³-hybridized carbons (Fsp3) is 0.0500. The number of aromatic amines is 1. The fourth-order valence-electron chi connectivity index (χ4n) is 2.92. The number of aromatic carboxylic acids is 2. The van der Waals surface area contributed by atoms with E-state index < -0.39 is 69.8 Å². The number of nitrogens with one attached hydrogen (secondary N) is 1. The van der Waals surface area contributed by atoms with Crippen molar-refractivity contribution in [2.24, 2.45) is 0 Å². The first-order valence-electron chi connectivity index (χ1n) is 8.49. The number of hydrogen-bond acceptors (Lipinski definition) is 5. The Bertz CT molecular complexity index is 1270. The zero-order valence-electron chi connectivity index (χ0n) is 15.4. The molecule has 0 atom stereocenters. The van der Waals surface area contributed by atoms with Gasteiger partial charge < -0.3 is 25.7 Å². The van der Waals surface area contributed by atoms with E-state index in [1.807, 2.05) is 4.98 Å². The highest BCUT2D eigenvalue weighted by atomic mass is 19.1. The Hall–Kier alpha value is -4.28. The number of rotatable bonds is 6. The molecular weight excluding hydrogens is 421 g/mol. The summed E-state index contributed by atoms with van der Waals surface area (Å²) in [7, 11) is 0. The minimum atomic E-state index is -1.75. The molecule has 0 aliphatic heterocycles. The van der Waals surface area contributed by atoms with Crippen molar-refractivity contribution in [2.75, 3.05) is 5.73 Å². The van der Waals surface area contributed by atoms with E-state index in [1.54, 1.807) is 0 Å². The number of carboxylic acids is 2. The summed E-state index contributed by atoms with van der Waals surface area (Å²) in [5.74, 6) is -6.96. The fourth-order valence-corrected chi connectivity index (χ4v) is 2.92. The molecular formula is C20H13F3N2O6. The highest BCUT2D eigenvalue weighted by Gasteiger charge is 2.27. The van der Waals surface area contributed by atoms with Crippen molar-refractivity contribution in [1.82, 2.24) is 4.98 Å². The molecule has 160 valence electrons. The lowest BCUT2D eigenvalue weighted by molar-refractivity contribution is 0.0695. The van der Waals surface area contributed by atoms with Crippen molar-refractivity contribution in [3.05, 3.63) is 80.9 Å². The zero-order chi connectivity index (χ0) is 22.9. The maximum atomic E-state index is 14.6. The van der Waals surface area contributed by atoms with Gasteiger partial charge in [-0.25, -0.2) is 22.8 Å². The molecule has 0 saturated heterocycles. The second-order valence-corrected chi connectivity index (χ2v) is 6.27. The molecule has 0 radical (unpaired) electrons. The van der Waals surface area contributed by atoms with Gasteiger partial charge in [-0.05, 0) is 35.9 Å². The molecule has 0 fully saturated rings. The predicted octanol–water partition coefficient (Wildman–Crippen LogP) is 3.02. The van der Waals surface area contributed by atoms with Crippen LogP contribution in [0, 0.1) is 17.5 Å². The molecule has 0 unspecified atom stereocenters. The molecule has 0 spiro atoms. The van der Waals surface area contributed by atoms with Crippen LogP contribution in [-0.2, 0) is 6.61 Å². The molecule has 0 aliphatic rings. The smallest absolute Gasteiger partial charge is 0.342 e. The molecule has 11 heteroatoms. The minimum absolute atomic E-state index is 0.174. The third kappa shape index (κ3) is 4.20. The molecule has 8 nitrogen and oxygen atoms in total. The number of ether oxygens (including phenoxy) is 1. The van der Waals surface area contributed by atoms with E-state index in [4.69, 9.17) is 10.5 Å². The Morgan fingerprint density at radius 3 is 2.26 bits per heavy atom. The van der Waals surface area contributed by atoms with Crippen molar-refractivity contribution in [1.29, 1.82) is 0 Å². The summed E-state index contributed by atoms with van der Waals surface area (Å²) >= 11 is 0. The number of benzene rings is 2. The largest absolute Gasteiger partial charge is 0.486 e. The van der Waals surface area contributed by atoms with E-state index in [0.29, 0.717) is 0 Å². The van der Waals surface area contributed by atoms with Crippen LogP contribution < -0.4 is 16.0 Å². The van der Waals surface area contributed by atoms with E-state index in [2.05, 4.69) is 0 Å². The van der Waals surface area contributed by atoms with Gasteiger partial charge in [0.1, 0.15) is 35.2 Å². The monoisotopic (exact) mass is 434 g/mol. The van der Waals surface area contributed by atoms with Crippen LogP contribution in [0.1, 0.15) is 26.3 Å². The quantitative estimate of drug-likeness (QED) is 0.467. The predicted molar refractivity (Wildman–Crippen MR) is 101 cm³/mol. The highest BCUT2D eigenvalue weighted by Crippen LogP contribution is 2.32. The molecule has 0 saturated carbocycles. The number of hydrogen-bond donors (Lipinski definition) is 4. The highest BCUT2D eigenvalue weighted by molar-refractivity contribution is 6.07. The van der Waals surface area contributed by atoms with Gasteiger partial charge in [0.05, 0.1) is 0 Å². The van der Waals surface area contributed by atoms with Gasteiger partial charge in [-0.1, -0.05) is 6.07 Å². The van der Waals surface area contributed by atoms with Crippen molar-refractivity contribution < 1.29 is 37.7 Å². The van der Waals surface area contributed by atoms with Crippen molar-refractivity contribution in [3.63, 3.8) is 0 Å². The number of nitrogens with two attached hydrogens (primary N) is 1. The average Bonchev–Trinajstić information content (AvgIpc) is 2.68. The van der Waals surface area contributed by atoms with Gasteiger partial charge in [-0.3, -0.25) is 4.79 Å². The van der Waals surface area contributed by atoms with E-state index in [0.717, 1.165) is 36.4 Å². The third-order valence-electron chi connectivity index (χ3n) is 4.28. The van der Waals surface area contributed by atoms with E-state index in [9.17, 15) is 37.8 Å². The molecule has 0 amide bonds. The molecule has 0 bridgehead atoms. The lowest BCUT2D eigenvalue weighted by atomic mass is 9.95. The van der Waals surface area contributed by atoms with Gasteiger partial charge in [-0.15, -0.1) is 0 Å². The maximum Gasteiger partial charge on any atom is 0.342 e. The summed E-state index contributed by atoms with van der Waals surface area (Å²) in [6.07, 6.45) is 0. The summed E-state index contributed by atoms with van der Waals surface area (Å²) in [6, 6.07) is 5.53. The van der Waals surface area contributed by atoms with Gasteiger partial charge in [0.25, 0.3) is 5.56 Å². The van der Waals surface area contributed by atoms with Crippen LogP contribution in [-0.4, -0.2) is 27.1 Å². The summed E-state index contributed by atoms with van der Waals surface area (Å²) in [4.78, 5) is 37.1. The Kier molecular flexibility index (Phi) is 5.68. The number of carboxylic acid groups (broad SMARTS) is 2. The minimum Gasteiger partial charge on any atom is -0.486 e. The molecule has 3 aromatic rings. The van der Waals surface area contributed by atoms with Gasteiger partial charge in [0.15, 0.2) is 11.6 Å². The number of H-pyrrole nitrogens is 1. The molecule has 2 aromatic carbocycles. The molecule has 1 aromatic heterocycles. The maximum absolute atomic E-state index is 14.6. The third-order valence-corrected chi connectivity index (χ3v) is 4.28. The normalized spacial score (nSPS) is 10.7. The summed E-state index contributed by atoms with van der Waals surface area (Å²) in [5.41, 5.74) is 1.64. The first-order chi connectivity index (χ1) is 14.6. The molecule has 5 N–H and O–H groups in total. The molecule has 0 aliphatic carbocycles. The Morgan fingerprint density at radius 1 is 0.968 bits per heavy atom. The van der Waals surface area contributed by atoms with Crippen molar-refractivity contribution in [3.8, 4) is 16.9 Å². The van der Waals surface area contributed by atoms with Crippen LogP contribution in [0.5, 0.6) is 5.75 Å². The first-order valence-corrected chi connectivity index (χ1v) is 8.49. The van der Waals surface area contributed by atoms with Gasteiger partial charge in [0, 0.05) is 11.1 Å². The lowest BCUT2D eigenvalue weighted by Gasteiger charge is -2.14. The Balaban J connectivity index is 2.05. The standard InChI is InChI=1S/C20H13F3N2O6/c21-10-2-3-11(22)9(5-10)7-31-13-4-1-8(6-12(13)23)14-15(19(27)28)17(24)25-18(26)16(14)20(29)30/h1-6H,7H2,(H,27,28)(H,29,30)(H3,24,25,26). The summed E-state index contributed by atoms with van der Waals surface area (Å²) < 4.78 is 46.6. The summed E-state index contributed by atoms with van der Waals surface area (Å²) in [6.45, 7) is -0.515. The Morgan fingerprint density at radius 2 is 1.65 bits per heavy atom. The Labute approximate surface area is 171 Å². The zero-order valence-corrected chi connectivity index (χ0v) is 15.4. The van der Waals surface area contributed by atoms with Gasteiger partial charge in [0.2, 0.25) is 0 Å². The number of aromatic nitrogens is 1. The lowest BCUT2D eigenvalue weighted by Crippen LogP contribution is -2.24. The van der Waals surface area contributed by atoms with Crippen LogP contribution in [0.3, 0.4) is 0 Å². The number of halogens is 3. The van der Waals surface area contributed by atoms with Crippen molar-refractivity contribution in [2.45, 2.75) is 6.61 Å². The molecule has 31 heavy (non-hydrogen) atoms.